The first-order valence-corrected chi connectivity index (χ1v) is 14.2. The van der Waals surface area contributed by atoms with Gasteiger partial charge in [-0.2, -0.15) is 5.10 Å². The molecule has 4 aromatic rings. The Hall–Kier alpha value is -3.79. The molecule has 2 atom stereocenters. The fraction of sp³-hybridized carbons (Fsp3) is 0.323. The predicted molar refractivity (Wildman–Crippen MR) is 153 cm³/mol. The summed E-state index contributed by atoms with van der Waals surface area (Å²) in [6, 6.07) is 15.2. The third kappa shape index (κ3) is 6.12. The number of rotatable bonds is 10. The van der Waals surface area contributed by atoms with Crippen molar-refractivity contribution >= 4 is 34.2 Å². The highest BCUT2D eigenvalue weighted by Gasteiger charge is 2.30. The standard InChI is InChI=1S/C31H30ClFN4O4/c32-25-16-20(4-12-28(25)41-24-9-10-24)29(38)26(18-36-13-1-2-14-36)35-31(40)30(39)19-3-11-27-21(15-19)17-34-37(27)23-7-5-22(33)6-8-23/h3-8,11-12,15-17,24,26,29,38H,1-2,9-10,13-14,18H2,(H,35,40). The smallest absolute Gasteiger partial charge is 0.292 e. The lowest BCUT2D eigenvalue weighted by atomic mass is 10.0. The average molecular weight is 577 g/mol. The van der Waals surface area contributed by atoms with E-state index in [1.807, 2.05) is 0 Å². The lowest BCUT2D eigenvalue weighted by Crippen LogP contribution is -2.48. The summed E-state index contributed by atoms with van der Waals surface area (Å²) in [5.74, 6) is -1.30. The van der Waals surface area contributed by atoms with Gasteiger partial charge in [0, 0.05) is 17.5 Å². The number of Topliss-reactive ketones (excluding diaryl/α,β-unsaturated/α-hetero) is 1. The molecule has 0 spiro atoms. The minimum absolute atomic E-state index is 0.188. The maximum absolute atomic E-state index is 13.4. The molecule has 212 valence electrons. The van der Waals surface area contributed by atoms with Crippen molar-refractivity contribution in [1.29, 1.82) is 0 Å². The summed E-state index contributed by atoms with van der Waals surface area (Å²) < 4.78 is 20.8. The van der Waals surface area contributed by atoms with Crippen molar-refractivity contribution in [2.75, 3.05) is 19.6 Å². The van der Waals surface area contributed by atoms with E-state index >= 15 is 0 Å². The summed E-state index contributed by atoms with van der Waals surface area (Å²) in [7, 11) is 0. The minimum atomic E-state index is -1.09. The van der Waals surface area contributed by atoms with Crippen LogP contribution >= 0.6 is 11.6 Å². The van der Waals surface area contributed by atoms with Gasteiger partial charge in [0.15, 0.2) is 0 Å². The zero-order valence-corrected chi connectivity index (χ0v) is 23.1. The van der Waals surface area contributed by atoms with Crippen molar-refractivity contribution in [3.05, 3.63) is 88.8 Å². The predicted octanol–water partition coefficient (Wildman–Crippen LogP) is 4.86. The Bertz CT molecular complexity index is 1580. The molecule has 1 aromatic heterocycles. The van der Waals surface area contributed by atoms with Crippen LogP contribution in [0.1, 0.15) is 47.7 Å². The molecule has 2 fully saturated rings. The third-order valence-corrected chi connectivity index (χ3v) is 7.87. The van der Waals surface area contributed by atoms with Crippen LogP contribution < -0.4 is 10.1 Å². The van der Waals surface area contributed by atoms with Crippen molar-refractivity contribution in [3.8, 4) is 11.4 Å². The lowest BCUT2D eigenvalue weighted by Gasteiger charge is -2.28. The number of carbonyl (C=O) groups is 2. The fourth-order valence-electron chi connectivity index (χ4n) is 5.19. The number of carbonyl (C=O) groups excluding carboxylic acids is 2. The molecule has 2 unspecified atom stereocenters. The quantitative estimate of drug-likeness (QED) is 0.207. The number of amides is 1. The highest BCUT2D eigenvalue weighted by molar-refractivity contribution is 6.43. The van der Waals surface area contributed by atoms with Crippen LogP contribution in [0.3, 0.4) is 0 Å². The summed E-state index contributed by atoms with van der Waals surface area (Å²) in [6.45, 7) is 2.11. The molecule has 10 heteroatoms. The molecule has 2 N–H and O–H groups in total. The second-order valence-electron chi connectivity index (χ2n) is 10.7. The van der Waals surface area contributed by atoms with E-state index in [0.29, 0.717) is 39.5 Å². The monoisotopic (exact) mass is 576 g/mol. The number of aromatic nitrogens is 2. The number of likely N-dealkylation sites (tertiary alicyclic amines) is 1. The van der Waals surface area contributed by atoms with E-state index in [4.69, 9.17) is 16.3 Å². The van der Waals surface area contributed by atoms with Crippen LogP contribution in [0.15, 0.2) is 66.9 Å². The highest BCUT2D eigenvalue weighted by Crippen LogP contribution is 2.34. The van der Waals surface area contributed by atoms with Gasteiger partial charge in [0.2, 0.25) is 5.78 Å². The largest absolute Gasteiger partial charge is 0.489 e. The molecule has 2 heterocycles. The summed E-state index contributed by atoms with van der Waals surface area (Å²) in [4.78, 5) is 28.6. The Labute approximate surface area is 241 Å². The van der Waals surface area contributed by atoms with Crippen LogP contribution in [0.25, 0.3) is 16.6 Å². The number of aliphatic hydroxyl groups is 1. The van der Waals surface area contributed by atoms with Crippen LogP contribution in [0, 0.1) is 5.82 Å². The molecule has 41 heavy (non-hydrogen) atoms. The number of ketones is 1. The maximum Gasteiger partial charge on any atom is 0.292 e. The van der Waals surface area contributed by atoms with Crippen molar-refractivity contribution in [2.45, 2.75) is 43.9 Å². The maximum atomic E-state index is 13.4. The normalized spacial score (nSPS) is 17.0. The third-order valence-electron chi connectivity index (χ3n) is 7.57. The summed E-state index contributed by atoms with van der Waals surface area (Å²) in [6.07, 6.45) is 4.78. The van der Waals surface area contributed by atoms with Crippen LogP contribution in [-0.4, -0.2) is 63.3 Å². The fourth-order valence-corrected chi connectivity index (χ4v) is 5.42. The van der Waals surface area contributed by atoms with Gasteiger partial charge in [-0.15, -0.1) is 0 Å². The van der Waals surface area contributed by atoms with Gasteiger partial charge < -0.3 is 20.1 Å². The molecule has 2 aliphatic rings. The Morgan fingerprint density at radius 3 is 2.54 bits per heavy atom. The summed E-state index contributed by atoms with van der Waals surface area (Å²) >= 11 is 6.44. The molecule has 8 nitrogen and oxygen atoms in total. The topological polar surface area (TPSA) is 96.7 Å². The van der Waals surface area contributed by atoms with E-state index in [1.54, 1.807) is 59.4 Å². The van der Waals surface area contributed by atoms with E-state index in [0.717, 1.165) is 38.8 Å². The van der Waals surface area contributed by atoms with Crippen LogP contribution in [0.2, 0.25) is 5.02 Å². The number of nitrogens with one attached hydrogen (secondary N) is 1. The van der Waals surface area contributed by atoms with Gasteiger partial charge in [-0.05, 0) is 98.9 Å². The Morgan fingerprint density at radius 2 is 1.83 bits per heavy atom. The Morgan fingerprint density at radius 1 is 1.07 bits per heavy atom. The second kappa shape index (κ2) is 11.6. The SMILES string of the molecule is O=C(NC(CN1CCCC1)C(O)c1ccc(OC2CC2)c(Cl)c1)C(=O)c1ccc2c(cnn2-c2ccc(F)cc2)c1. The van der Waals surface area contributed by atoms with Gasteiger partial charge in [-0.25, -0.2) is 9.07 Å². The summed E-state index contributed by atoms with van der Waals surface area (Å²) in [5.41, 5.74) is 2.11. The van der Waals surface area contributed by atoms with Crippen molar-refractivity contribution in [3.63, 3.8) is 0 Å². The minimum Gasteiger partial charge on any atom is -0.489 e. The Balaban J connectivity index is 1.20. The van der Waals surface area contributed by atoms with E-state index < -0.39 is 23.8 Å². The molecular weight excluding hydrogens is 547 g/mol. The van der Waals surface area contributed by atoms with Gasteiger partial charge in [0.1, 0.15) is 17.7 Å². The number of ether oxygens (including phenoxy) is 1. The van der Waals surface area contributed by atoms with Gasteiger partial charge in [0.05, 0.1) is 34.6 Å². The van der Waals surface area contributed by atoms with Gasteiger partial charge >= 0.3 is 0 Å². The molecule has 3 aromatic carbocycles. The number of hydrogen-bond donors (Lipinski definition) is 2. The number of aliphatic hydroxyl groups excluding tert-OH is 1. The molecule has 0 bridgehead atoms. The van der Waals surface area contributed by atoms with E-state index in [9.17, 15) is 19.1 Å². The van der Waals surface area contributed by atoms with E-state index in [2.05, 4.69) is 15.3 Å². The highest BCUT2D eigenvalue weighted by atomic mass is 35.5. The van der Waals surface area contributed by atoms with Crippen molar-refractivity contribution in [1.82, 2.24) is 20.0 Å². The zero-order chi connectivity index (χ0) is 28.5. The van der Waals surface area contributed by atoms with Gasteiger partial charge in [0.25, 0.3) is 5.91 Å². The molecule has 1 saturated heterocycles. The van der Waals surface area contributed by atoms with Gasteiger partial charge in [-0.3, -0.25) is 9.59 Å². The van der Waals surface area contributed by atoms with E-state index in [-0.39, 0.29) is 17.5 Å². The number of nitrogens with zero attached hydrogens (tertiary/aromatic N) is 3. The number of hydrogen-bond acceptors (Lipinski definition) is 6. The lowest BCUT2D eigenvalue weighted by molar-refractivity contribution is -0.118. The molecule has 1 aliphatic heterocycles. The molecule has 1 amide bonds. The molecule has 1 aliphatic carbocycles. The first-order valence-electron chi connectivity index (χ1n) is 13.8. The zero-order valence-electron chi connectivity index (χ0n) is 22.3. The van der Waals surface area contributed by atoms with Crippen molar-refractivity contribution < 1.29 is 23.8 Å². The molecular formula is C31H30ClFN4O4. The van der Waals surface area contributed by atoms with Crippen LogP contribution in [0.5, 0.6) is 5.75 Å². The summed E-state index contributed by atoms with van der Waals surface area (Å²) in [5, 5.41) is 19.5. The van der Waals surface area contributed by atoms with Crippen LogP contribution in [-0.2, 0) is 4.79 Å². The van der Waals surface area contributed by atoms with Crippen LogP contribution in [0.4, 0.5) is 4.39 Å². The number of benzene rings is 3. The number of halogens is 2. The van der Waals surface area contributed by atoms with Crippen molar-refractivity contribution in [2.24, 2.45) is 0 Å². The number of fused-ring (bicyclic) bond motifs is 1. The first-order chi connectivity index (χ1) is 19.9. The molecule has 1 saturated carbocycles. The Kier molecular flexibility index (Phi) is 7.75. The second-order valence-corrected chi connectivity index (χ2v) is 11.1. The van der Waals surface area contributed by atoms with Gasteiger partial charge in [-0.1, -0.05) is 17.7 Å². The van der Waals surface area contributed by atoms with E-state index in [1.165, 1.54) is 12.1 Å². The molecule has 6 rings (SSSR count). The first kappa shape index (κ1) is 27.4. The average Bonchev–Trinajstić information content (AvgIpc) is 3.46. The molecule has 0 radical (unpaired) electrons.